The van der Waals surface area contributed by atoms with E-state index < -0.39 is 0 Å². The molecule has 0 saturated carbocycles. The number of rotatable bonds is 5. The first-order valence-corrected chi connectivity index (χ1v) is 7.08. The Morgan fingerprint density at radius 2 is 1.55 bits per heavy atom. The van der Waals surface area contributed by atoms with E-state index in [1.807, 2.05) is 12.1 Å². The van der Waals surface area contributed by atoms with Gasteiger partial charge >= 0.3 is 0 Å². The van der Waals surface area contributed by atoms with Crippen LogP contribution < -0.4 is 10.5 Å². The van der Waals surface area contributed by atoms with Crippen molar-refractivity contribution in [2.75, 3.05) is 6.54 Å². The van der Waals surface area contributed by atoms with E-state index in [9.17, 15) is 0 Å². The van der Waals surface area contributed by atoms with Crippen LogP contribution in [0.2, 0.25) is 0 Å². The Bertz CT molecular complexity index is 549. The number of aryl methyl sites for hydroxylation is 3. The largest absolute Gasteiger partial charge is 0.489 e. The van der Waals surface area contributed by atoms with Crippen LogP contribution in [0.15, 0.2) is 36.4 Å². The highest BCUT2D eigenvalue weighted by Gasteiger charge is 2.05. The normalized spacial score (nSPS) is 10.6. The van der Waals surface area contributed by atoms with E-state index in [0.717, 1.165) is 12.2 Å². The molecule has 2 aromatic rings. The maximum atomic E-state index is 5.90. The number of benzene rings is 2. The quantitative estimate of drug-likeness (QED) is 0.898. The number of ether oxygens (including phenoxy) is 1. The lowest BCUT2D eigenvalue weighted by molar-refractivity contribution is 0.304. The Morgan fingerprint density at radius 1 is 0.950 bits per heavy atom. The molecule has 0 radical (unpaired) electrons. The maximum absolute atomic E-state index is 5.90. The van der Waals surface area contributed by atoms with Gasteiger partial charge in [0.25, 0.3) is 0 Å². The molecule has 2 N–H and O–H groups in total. The lowest BCUT2D eigenvalue weighted by Crippen LogP contribution is -2.03. The Balaban J connectivity index is 2.05. The van der Waals surface area contributed by atoms with Crippen molar-refractivity contribution in [1.82, 2.24) is 0 Å². The second kappa shape index (κ2) is 6.58. The van der Waals surface area contributed by atoms with Crippen LogP contribution in [0.25, 0.3) is 0 Å². The van der Waals surface area contributed by atoms with Gasteiger partial charge in [0.1, 0.15) is 12.4 Å². The van der Waals surface area contributed by atoms with Crippen molar-refractivity contribution < 1.29 is 4.74 Å². The highest BCUT2D eigenvalue weighted by Crippen LogP contribution is 2.20. The zero-order valence-corrected chi connectivity index (χ0v) is 12.6. The van der Waals surface area contributed by atoms with E-state index >= 15 is 0 Å². The van der Waals surface area contributed by atoms with Crippen molar-refractivity contribution in [3.05, 3.63) is 64.2 Å². The minimum absolute atomic E-state index is 0.619. The summed E-state index contributed by atoms with van der Waals surface area (Å²) >= 11 is 0. The third kappa shape index (κ3) is 3.61. The molecule has 0 aliphatic carbocycles. The molecule has 0 unspecified atom stereocenters. The average Bonchev–Trinajstić information content (AvgIpc) is 2.39. The molecule has 2 aromatic carbocycles. The van der Waals surface area contributed by atoms with Gasteiger partial charge in [0.15, 0.2) is 0 Å². The highest BCUT2D eigenvalue weighted by atomic mass is 16.5. The summed E-state index contributed by atoms with van der Waals surface area (Å²) in [5.74, 6) is 0.908. The van der Waals surface area contributed by atoms with Gasteiger partial charge in [-0.05, 0) is 68.1 Å². The smallest absolute Gasteiger partial charge is 0.119 e. The average molecular weight is 269 g/mol. The molecule has 2 heteroatoms. The molecule has 0 spiro atoms. The van der Waals surface area contributed by atoms with Crippen LogP contribution in [0.5, 0.6) is 5.75 Å². The van der Waals surface area contributed by atoms with Gasteiger partial charge < -0.3 is 10.5 Å². The van der Waals surface area contributed by atoms with Crippen molar-refractivity contribution in [3.8, 4) is 5.75 Å². The SMILES string of the molecule is Cc1cc(C)c(COc2ccc(CCN)cc2)c(C)c1. The topological polar surface area (TPSA) is 35.2 Å². The predicted octanol–water partition coefficient (Wildman–Crippen LogP) is 3.69. The summed E-state index contributed by atoms with van der Waals surface area (Å²) in [6.45, 7) is 7.71. The van der Waals surface area contributed by atoms with Crippen molar-refractivity contribution >= 4 is 0 Å². The van der Waals surface area contributed by atoms with E-state index in [0.29, 0.717) is 13.2 Å². The van der Waals surface area contributed by atoms with Crippen LogP contribution in [0.4, 0.5) is 0 Å². The summed E-state index contributed by atoms with van der Waals surface area (Å²) < 4.78 is 5.90. The van der Waals surface area contributed by atoms with Crippen LogP contribution in [-0.4, -0.2) is 6.54 Å². The van der Waals surface area contributed by atoms with E-state index in [1.165, 1.54) is 27.8 Å². The van der Waals surface area contributed by atoms with E-state index in [1.54, 1.807) is 0 Å². The summed E-state index contributed by atoms with van der Waals surface area (Å²) in [5.41, 5.74) is 12.0. The molecule has 2 nitrogen and oxygen atoms in total. The van der Waals surface area contributed by atoms with Crippen molar-refractivity contribution in [2.45, 2.75) is 33.8 Å². The van der Waals surface area contributed by atoms with Crippen molar-refractivity contribution in [2.24, 2.45) is 5.73 Å². The minimum atomic E-state index is 0.619. The van der Waals surface area contributed by atoms with Crippen LogP contribution in [-0.2, 0) is 13.0 Å². The first-order chi connectivity index (χ1) is 9.60. The standard InChI is InChI=1S/C18H23NO/c1-13-10-14(2)18(15(3)11-13)12-20-17-6-4-16(5-7-17)8-9-19/h4-7,10-11H,8-9,12,19H2,1-3H3. The van der Waals surface area contributed by atoms with Gasteiger partial charge in [-0.1, -0.05) is 29.8 Å². The molecule has 0 aliphatic rings. The first-order valence-electron chi connectivity index (χ1n) is 7.08. The zero-order valence-electron chi connectivity index (χ0n) is 12.6. The summed E-state index contributed by atoms with van der Waals surface area (Å²) in [6, 6.07) is 12.6. The molecule has 0 amide bonds. The van der Waals surface area contributed by atoms with Gasteiger partial charge in [0.05, 0.1) is 0 Å². The van der Waals surface area contributed by atoms with Crippen LogP contribution in [0.1, 0.15) is 27.8 Å². The van der Waals surface area contributed by atoms with E-state index in [2.05, 4.69) is 45.0 Å². The molecule has 2 rings (SSSR count). The molecule has 0 heterocycles. The Hall–Kier alpha value is -1.80. The molecular formula is C18H23NO. The number of hydrogen-bond donors (Lipinski definition) is 1. The van der Waals surface area contributed by atoms with Crippen molar-refractivity contribution in [1.29, 1.82) is 0 Å². The predicted molar refractivity (Wildman–Crippen MR) is 84.2 cm³/mol. The number of nitrogens with two attached hydrogens (primary N) is 1. The summed E-state index contributed by atoms with van der Waals surface area (Å²) in [6.07, 6.45) is 0.913. The lowest BCUT2D eigenvalue weighted by atomic mass is 10.0. The van der Waals surface area contributed by atoms with Gasteiger partial charge in [0, 0.05) is 0 Å². The second-order valence-corrected chi connectivity index (χ2v) is 5.35. The molecular weight excluding hydrogens is 246 g/mol. The Labute approximate surface area is 121 Å². The monoisotopic (exact) mass is 269 g/mol. The molecule has 20 heavy (non-hydrogen) atoms. The fraction of sp³-hybridized carbons (Fsp3) is 0.333. The molecule has 0 aromatic heterocycles. The van der Waals surface area contributed by atoms with Gasteiger partial charge in [-0.15, -0.1) is 0 Å². The highest BCUT2D eigenvalue weighted by molar-refractivity contribution is 5.37. The van der Waals surface area contributed by atoms with Crippen LogP contribution >= 0.6 is 0 Å². The van der Waals surface area contributed by atoms with E-state index in [-0.39, 0.29) is 0 Å². The summed E-state index contributed by atoms with van der Waals surface area (Å²) in [7, 11) is 0. The molecule has 0 aliphatic heterocycles. The fourth-order valence-electron chi connectivity index (χ4n) is 2.51. The van der Waals surface area contributed by atoms with Gasteiger partial charge in [0.2, 0.25) is 0 Å². The molecule has 0 atom stereocenters. The third-order valence-electron chi connectivity index (χ3n) is 3.58. The third-order valence-corrected chi connectivity index (χ3v) is 3.58. The minimum Gasteiger partial charge on any atom is -0.489 e. The molecule has 0 fully saturated rings. The zero-order chi connectivity index (χ0) is 14.5. The van der Waals surface area contributed by atoms with Crippen LogP contribution in [0, 0.1) is 20.8 Å². The van der Waals surface area contributed by atoms with Gasteiger partial charge in [-0.25, -0.2) is 0 Å². The lowest BCUT2D eigenvalue weighted by Gasteiger charge is -2.13. The summed E-state index contributed by atoms with van der Waals surface area (Å²) in [5, 5.41) is 0. The molecule has 0 bridgehead atoms. The van der Waals surface area contributed by atoms with E-state index in [4.69, 9.17) is 10.5 Å². The first kappa shape index (κ1) is 14.6. The second-order valence-electron chi connectivity index (χ2n) is 5.35. The Kier molecular flexibility index (Phi) is 4.80. The van der Waals surface area contributed by atoms with Crippen molar-refractivity contribution in [3.63, 3.8) is 0 Å². The molecule has 106 valence electrons. The Morgan fingerprint density at radius 3 is 2.10 bits per heavy atom. The molecule has 0 saturated heterocycles. The summed E-state index contributed by atoms with van der Waals surface area (Å²) in [4.78, 5) is 0. The van der Waals surface area contributed by atoms with Gasteiger partial charge in [-0.2, -0.15) is 0 Å². The van der Waals surface area contributed by atoms with Gasteiger partial charge in [-0.3, -0.25) is 0 Å². The fourth-order valence-corrected chi connectivity index (χ4v) is 2.51. The number of hydrogen-bond acceptors (Lipinski definition) is 2. The van der Waals surface area contributed by atoms with Crippen LogP contribution in [0.3, 0.4) is 0 Å². The maximum Gasteiger partial charge on any atom is 0.119 e.